The first-order valence-corrected chi connectivity index (χ1v) is 8.64. The molecule has 1 atom stereocenters. The lowest BCUT2D eigenvalue weighted by atomic mass is 10.1. The maximum atomic E-state index is 12.9. The molecule has 4 heteroatoms. The van der Waals surface area contributed by atoms with Gasteiger partial charge in [-0.15, -0.1) is 0 Å². The van der Waals surface area contributed by atoms with Crippen LogP contribution < -0.4 is 0 Å². The molecule has 1 aromatic carbocycles. The van der Waals surface area contributed by atoms with Gasteiger partial charge in [0.15, 0.2) is 0 Å². The Kier molecular flexibility index (Phi) is 3.83. The number of allylic oxidation sites excluding steroid dienone is 3. The van der Waals surface area contributed by atoms with Crippen LogP contribution in [0.15, 0.2) is 65.1 Å². The minimum atomic E-state index is -3.45. The maximum absolute atomic E-state index is 12.9. The van der Waals surface area contributed by atoms with Gasteiger partial charge in [0.1, 0.15) is 0 Å². The van der Waals surface area contributed by atoms with Crippen molar-refractivity contribution in [1.82, 2.24) is 4.31 Å². The predicted octanol–water partition coefficient (Wildman–Crippen LogP) is 3.20. The summed E-state index contributed by atoms with van der Waals surface area (Å²) in [7, 11) is -3.45. The molecule has 3 rings (SSSR count). The molecular formula is C17H19NO2S. The average molecular weight is 301 g/mol. The molecular weight excluding hydrogens is 282 g/mol. The number of aryl methyl sites for hydroxylation is 1. The van der Waals surface area contributed by atoms with E-state index in [1.807, 2.05) is 37.3 Å². The molecule has 0 saturated heterocycles. The Hall–Kier alpha value is -1.65. The minimum absolute atomic E-state index is 0.0972. The van der Waals surface area contributed by atoms with Crippen LogP contribution >= 0.6 is 0 Å². The van der Waals surface area contributed by atoms with E-state index in [2.05, 4.69) is 12.2 Å². The van der Waals surface area contributed by atoms with Gasteiger partial charge in [-0.05, 0) is 31.9 Å². The third kappa shape index (κ3) is 2.87. The Morgan fingerprint density at radius 3 is 2.67 bits per heavy atom. The normalized spacial score (nSPS) is 22.5. The molecule has 0 aromatic heterocycles. The predicted molar refractivity (Wildman–Crippen MR) is 84.5 cm³/mol. The lowest BCUT2D eigenvalue weighted by Gasteiger charge is -2.27. The summed E-state index contributed by atoms with van der Waals surface area (Å²) >= 11 is 0. The zero-order valence-electron chi connectivity index (χ0n) is 12.1. The molecule has 1 aliphatic carbocycles. The third-order valence-electron chi connectivity index (χ3n) is 3.95. The fraction of sp³-hybridized carbons (Fsp3) is 0.294. The lowest BCUT2D eigenvalue weighted by Crippen LogP contribution is -2.39. The van der Waals surface area contributed by atoms with Gasteiger partial charge < -0.3 is 0 Å². The van der Waals surface area contributed by atoms with Crippen molar-refractivity contribution in [2.24, 2.45) is 0 Å². The summed E-state index contributed by atoms with van der Waals surface area (Å²) in [6, 6.07) is 6.99. The highest BCUT2D eigenvalue weighted by molar-refractivity contribution is 7.89. The Morgan fingerprint density at radius 2 is 1.90 bits per heavy atom. The summed E-state index contributed by atoms with van der Waals surface area (Å²) in [6.45, 7) is 2.49. The Labute approximate surface area is 126 Å². The van der Waals surface area contributed by atoms with Crippen molar-refractivity contribution in [3.63, 3.8) is 0 Å². The molecule has 0 fully saturated rings. The zero-order valence-corrected chi connectivity index (χ0v) is 12.9. The SMILES string of the molecule is Cc1ccc(S(=O)(=O)N2CCC=C3C=CC=C[C@@H]2C3)cc1. The van der Waals surface area contributed by atoms with Gasteiger partial charge in [-0.2, -0.15) is 4.31 Å². The summed E-state index contributed by atoms with van der Waals surface area (Å²) in [5.74, 6) is 0. The first-order valence-electron chi connectivity index (χ1n) is 7.20. The molecule has 0 saturated carbocycles. The zero-order chi connectivity index (χ0) is 14.9. The van der Waals surface area contributed by atoms with Gasteiger partial charge in [-0.3, -0.25) is 0 Å². The second-order valence-corrected chi connectivity index (χ2v) is 7.40. The molecule has 2 aliphatic rings. The Balaban J connectivity index is 1.97. The van der Waals surface area contributed by atoms with Crippen molar-refractivity contribution in [3.05, 3.63) is 65.8 Å². The molecule has 0 unspecified atom stereocenters. The van der Waals surface area contributed by atoms with E-state index in [1.165, 1.54) is 5.57 Å². The van der Waals surface area contributed by atoms with E-state index in [0.717, 1.165) is 18.4 Å². The number of benzene rings is 1. The molecule has 110 valence electrons. The van der Waals surface area contributed by atoms with Crippen LogP contribution in [0.2, 0.25) is 0 Å². The van der Waals surface area contributed by atoms with Gasteiger partial charge in [0, 0.05) is 12.6 Å². The summed E-state index contributed by atoms with van der Waals surface area (Å²) < 4.78 is 27.5. The molecule has 1 aromatic rings. The smallest absolute Gasteiger partial charge is 0.207 e. The number of rotatable bonds is 2. The van der Waals surface area contributed by atoms with E-state index in [-0.39, 0.29) is 6.04 Å². The van der Waals surface area contributed by atoms with E-state index in [0.29, 0.717) is 11.4 Å². The van der Waals surface area contributed by atoms with Crippen LogP contribution in [0, 0.1) is 6.92 Å². The highest BCUT2D eigenvalue weighted by atomic mass is 32.2. The van der Waals surface area contributed by atoms with Crippen molar-refractivity contribution in [2.45, 2.75) is 30.7 Å². The molecule has 2 bridgehead atoms. The van der Waals surface area contributed by atoms with Gasteiger partial charge in [-0.1, -0.05) is 53.6 Å². The van der Waals surface area contributed by atoms with E-state index in [1.54, 1.807) is 16.4 Å². The van der Waals surface area contributed by atoms with Gasteiger partial charge in [0.2, 0.25) is 10.0 Å². The van der Waals surface area contributed by atoms with E-state index >= 15 is 0 Å². The Bertz CT molecular complexity index is 712. The van der Waals surface area contributed by atoms with Crippen LogP contribution in [0.25, 0.3) is 0 Å². The summed E-state index contributed by atoms with van der Waals surface area (Å²) in [5, 5.41) is 0. The van der Waals surface area contributed by atoms with Crippen molar-refractivity contribution in [3.8, 4) is 0 Å². The van der Waals surface area contributed by atoms with E-state index < -0.39 is 10.0 Å². The average Bonchev–Trinajstić information content (AvgIpc) is 2.81. The third-order valence-corrected chi connectivity index (χ3v) is 5.89. The van der Waals surface area contributed by atoms with Crippen molar-refractivity contribution >= 4 is 10.0 Å². The number of sulfonamides is 1. The largest absolute Gasteiger partial charge is 0.243 e. The highest BCUT2D eigenvalue weighted by Crippen LogP contribution is 2.27. The standard InChI is InChI=1S/C17H19NO2S/c1-14-8-10-17(11-9-14)21(19,20)18-12-4-6-15-5-2-3-7-16(18)13-15/h2-3,5-11,16H,4,12-13H2,1H3/t16-/m1/s1. The molecule has 1 heterocycles. The van der Waals surface area contributed by atoms with Crippen molar-refractivity contribution in [1.29, 1.82) is 0 Å². The fourth-order valence-corrected chi connectivity index (χ4v) is 4.38. The molecule has 21 heavy (non-hydrogen) atoms. The highest BCUT2D eigenvalue weighted by Gasteiger charge is 2.31. The molecule has 0 N–H and O–H groups in total. The topological polar surface area (TPSA) is 37.4 Å². The maximum Gasteiger partial charge on any atom is 0.243 e. The Morgan fingerprint density at radius 1 is 1.14 bits per heavy atom. The molecule has 0 spiro atoms. The second-order valence-electron chi connectivity index (χ2n) is 5.51. The van der Waals surface area contributed by atoms with E-state index in [4.69, 9.17) is 0 Å². The summed E-state index contributed by atoms with van der Waals surface area (Å²) in [5.41, 5.74) is 2.28. The molecule has 0 radical (unpaired) electrons. The van der Waals surface area contributed by atoms with Gasteiger partial charge in [0.05, 0.1) is 4.90 Å². The number of hydrogen-bond donors (Lipinski definition) is 0. The lowest BCUT2D eigenvalue weighted by molar-refractivity contribution is 0.373. The van der Waals surface area contributed by atoms with Gasteiger partial charge in [-0.25, -0.2) is 8.42 Å². The van der Waals surface area contributed by atoms with Gasteiger partial charge >= 0.3 is 0 Å². The number of hydrogen-bond acceptors (Lipinski definition) is 2. The van der Waals surface area contributed by atoms with Gasteiger partial charge in [0.25, 0.3) is 0 Å². The van der Waals surface area contributed by atoms with Crippen LogP contribution in [-0.4, -0.2) is 25.3 Å². The molecule has 3 nitrogen and oxygen atoms in total. The first-order chi connectivity index (χ1) is 10.1. The fourth-order valence-electron chi connectivity index (χ4n) is 2.79. The number of fused-ring (bicyclic) bond motifs is 2. The monoisotopic (exact) mass is 301 g/mol. The van der Waals surface area contributed by atoms with Crippen molar-refractivity contribution < 1.29 is 8.42 Å². The number of nitrogens with zero attached hydrogens (tertiary/aromatic N) is 1. The molecule has 1 aliphatic heterocycles. The first kappa shape index (κ1) is 14.3. The van der Waals surface area contributed by atoms with Crippen LogP contribution in [0.3, 0.4) is 0 Å². The quantitative estimate of drug-likeness (QED) is 0.841. The van der Waals surface area contributed by atoms with Crippen molar-refractivity contribution in [2.75, 3.05) is 6.54 Å². The molecule has 0 amide bonds. The van der Waals surface area contributed by atoms with Crippen LogP contribution in [0.1, 0.15) is 18.4 Å². The van der Waals surface area contributed by atoms with Crippen LogP contribution in [0.5, 0.6) is 0 Å². The minimum Gasteiger partial charge on any atom is -0.207 e. The van der Waals surface area contributed by atoms with Crippen LogP contribution in [0.4, 0.5) is 0 Å². The summed E-state index contributed by atoms with van der Waals surface area (Å²) in [6.07, 6.45) is 11.6. The summed E-state index contributed by atoms with van der Waals surface area (Å²) in [4.78, 5) is 0.377. The van der Waals surface area contributed by atoms with E-state index in [9.17, 15) is 8.42 Å². The second kappa shape index (κ2) is 5.62. The van der Waals surface area contributed by atoms with Crippen LogP contribution in [-0.2, 0) is 10.0 Å².